The zero-order chi connectivity index (χ0) is 14.8. The van der Waals surface area contributed by atoms with Crippen molar-refractivity contribution in [2.75, 3.05) is 12.3 Å². The SMILES string of the molecule is NCC1CCC(C(=O)NC2CCSc3ccc(Cl)cc32)O1. The largest absolute Gasteiger partial charge is 0.364 e. The lowest BCUT2D eigenvalue weighted by Crippen LogP contribution is -2.38. The molecule has 3 unspecified atom stereocenters. The van der Waals surface area contributed by atoms with E-state index >= 15 is 0 Å². The number of hydrogen-bond acceptors (Lipinski definition) is 4. The minimum absolute atomic E-state index is 0.0180. The number of benzene rings is 1. The third kappa shape index (κ3) is 3.37. The number of amides is 1. The molecule has 0 aliphatic carbocycles. The number of carbonyl (C=O) groups excluding carboxylic acids is 1. The van der Waals surface area contributed by atoms with Gasteiger partial charge >= 0.3 is 0 Å². The van der Waals surface area contributed by atoms with Crippen LogP contribution in [0.5, 0.6) is 0 Å². The lowest BCUT2D eigenvalue weighted by atomic mass is 10.0. The standard InChI is InChI=1S/C15H19ClN2O2S/c16-9-1-4-14-11(7-9)12(5-6-21-14)18-15(19)13-3-2-10(8-17)20-13/h1,4,7,10,12-13H,2-3,5-6,8,17H2,(H,18,19). The van der Waals surface area contributed by atoms with Crippen LogP contribution in [0.25, 0.3) is 0 Å². The van der Waals surface area contributed by atoms with Crippen LogP contribution in [0.3, 0.4) is 0 Å². The molecule has 0 saturated carbocycles. The van der Waals surface area contributed by atoms with E-state index in [1.807, 2.05) is 18.2 Å². The molecule has 4 nitrogen and oxygen atoms in total. The molecule has 3 rings (SSSR count). The maximum absolute atomic E-state index is 12.4. The minimum atomic E-state index is -0.365. The highest BCUT2D eigenvalue weighted by molar-refractivity contribution is 7.99. The van der Waals surface area contributed by atoms with Crippen LogP contribution in [0, 0.1) is 0 Å². The van der Waals surface area contributed by atoms with Crippen molar-refractivity contribution in [1.82, 2.24) is 5.32 Å². The number of halogens is 1. The van der Waals surface area contributed by atoms with Crippen molar-refractivity contribution < 1.29 is 9.53 Å². The summed E-state index contributed by atoms with van der Waals surface area (Å²) in [5, 5.41) is 3.82. The van der Waals surface area contributed by atoms with Gasteiger partial charge in [0.05, 0.1) is 12.1 Å². The van der Waals surface area contributed by atoms with Crippen LogP contribution in [-0.4, -0.2) is 30.4 Å². The number of carbonyl (C=O) groups is 1. The Bertz CT molecular complexity index is 540. The normalized spacial score (nSPS) is 28.2. The first-order chi connectivity index (χ1) is 10.2. The molecule has 6 heteroatoms. The lowest BCUT2D eigenvalue weighted by molar-refractivity contribution is -0.132. The average molecular weight is 327 g/mol. The molecule has 3 atom stereocenters. The van der Waals surface area contributed by atoms with E-state index in [-0.39, 0.29) is 24.2 Å². The number of fused-ring (bicyclic) bond motifs is 1. The summed E-state index contributed by atoms with van der Waals surface area (Å²) in [7, 11) is 0. The molecule has 1 amide bonds. The Balaban J connectivity index is 1.69. The van der Waals surface area contributed by atoms with Gasteiger partial charge in [-0.15, -0.1) is 11.8 Å². The number of ether oxygens (including phenoxy) is 1. The first-order valence-corrected chi connectivity index (χ1v) is 8.62. The first-order valence-electron chi connectivity index (χ1n) is 7.25. The number of nitrogens with two attached hydrogens (primary N) is 1. The van der Waals surface area contributed by atoms with Gasteiger partial charge in [0.1, 0.15) is 6.10 Å². The van der Waals surface area contributed by atoms with Gasteiger partial charge in [-0.1, -0.05) is 11.6 Å². The van der Waals surface area contributed by atoms with Crippen LogP contribution in [0.2, 0.25) is 5.02 Å². The van der Waals surface area contributed by atoms with Crippen molar-refractivity contribution >= 4 is 29.3 Å². The predicted molar refractivity (Wildman–Crippen MR) is 84.6 cm³/mol. The Labute approximate surface area is 133 Å². The molecule has 1 aromatic carbocycles. The summed E-state index contributed by atoms with van der Waals surface area (Å²) in [6, 6.07) is 5.89. The number of hydrogen-bond donors (Lipinski definition) is 2. The minimum Gasteiger partial charge on any atom is -0.364 e. The smallest absolute Gasteiger partial charge is 0.249 e. The van der Waals surface area contributed by atoms with Crippen molar-refractivity contribution in [2.24, 2.45) is 5.73 Å². The van der Waals surface area contributed by atoms with Gasteiger partial charge in [0.25, 0.3) is 0 Å². The first kappa shape index (κ1) is 15.2. The lowest BCUT2D eigenvalue weighted by Gasteiger charge is -2.27. The second-order valence-electron chi connectivity index (χ2n) is 5.44. The van der Waals surface area contributed by atoms with Gasteiger partial charge in [0.15, 0.2) is 0 Å². The van der Waals surface area contributed by atoms with Crippen molar-refractivity contribution in [3.63, 3.8) is 0 Å². The molecule has 2 heterocycles. The van der Waals surface area contributed by atoms with Crippen LogP contribution in [0.4, 0.5) is 0 Å². The molecule has 0 aromatic heterocycles. The molecule has 2 aliphatic rings. The van der Waals surface area contributed by atoms with Gasteiger partial charge in [0.2, 0.25) is 5.91 Å². The molecule has 1 saturated heterocycles. The molecule has 114 valence electrons. The summed E-state index contributed by atoms with van der Waals surface area (Å²) < 4.78 is 5.66. The highest BCUT2D eigenvalue weighted by Crippen LogP contribution is 2.37. The third-order valence-corrected chi connectivity index (χ3v) is 5.35. The van der Waals surface area contributed by atoms with Gasteiger partial charge in [-0.3, -0.25) is 4.79 Å². The van der Waals surface area contributed by atoms with E-state index < -0.39 is 0 Å². The summed E-state index contributed by atoms with van der Waals surface area (Å²) in [5.74, 6) is 0.963. The van der Waals surface area contributed by atoms with Gasteiger partial charge < -0.3 is 15.8 Å². The second kappa shape index (κ2) is 6.57. The predicted octanol–water partition coefficient (Wildman–Crippen LogP) is 2.50. The molecular weight excluding hydrogens is 308 g/mol. The molecule has 21 heavy (non-hydrogen) atoms. The third-order valence-electron chi connectivity index (χ3n) is 3.99. The van der Waals surface area contributed by atoms with Crippen LogP contribution < -0.4 is 11.1 Å². The van der Waals surface area contributed by atoms with Gasteiger partial charge in [-0.25, -0.2) is 0 Å². The van der Waals surface area contributed by atoms with Crippen molar-refractivity contribution in [1.29, 1.82) is 0 Å². The van der Waals surface area contributed by atoms with E-state index in [0.29, 0.717) is 11.6 Å². The number of rotatable bonds is 3. The van der Waals surface area contributed by atoms with E-state index in [0.717, 1.165) is 30.6 Å². The van der Waals surface area contributed by atoms with E-state index in [1.54, 1.807) is 11.8 Å². The molecule has 3 N–H and O–H groups in total. The van der Waals surface area contributed by atoms with Crippen LogP contribution in [-0.2, 0) is 9.53 Å². The Morgan fingerprint density at radius 3 is 3.05 bits per heavy atom. The fourth-order valence-electron chi connectivity index (χ4n) is 2.85. The van der Waals surface area contributed by atoms with Gasteiger partial charge in [-0.05, 0) is 43.0 Å². The topological polar surface area (TPSA) is 64.4 Å². The van der Waals surface area contributed by atoms with Crippen molar-refractivity contribution in [2.45, 2.75) is 42.4 Å². The van der Waals surface area contributed by atoms with E-state index in [2.05, 4.69) is 5.32 Å². The van der Waals surface area contributed by atoms with Crippen molar-refractivity contribution in [3.05, 3.63) is 28.8 Å². The number of thioether (sulfide) groups is 1. The summed E-state index contributed by atoms with van der Waals surface area (Å²) in [5.41, 5.74) is 6.70. The maximum Gasteiger partial charge on any atom is 0.249 e. The van der Waals surface area contributed by atoms with Gasteiger partial charge in [-0.2, -0.15) is 0 Å². The van der Waals surface area contributed by atoms with Crippen LogP contribution in [0.15, 0.2) is 23.1 Å². The van der Waals surface area contributed by atoms with Crippen molar-refractivity contribution in [3.8, 4) is 0 Å². The zero-order valence-corrected chi connectivity index (χ0v) is 13.3. The van der Waals surface area contributed by atoms with Crippen LogP contribution >= 0.6 is 23.4 Å². The molecule has 0 bridgehead atoms. The molecule has 0 spiro atoms. The number of nitrogens with one attached hydrogen (secondary N) is 1. The Hall–Kier alpha value is -0.750. The fourth-order valence-corrected chi connectivity index (χ4v) is 4.14. The van der Waals surface area contributed by atoms with E-state index in [1.165, 1.54) is 4.90 Å². The summed E-state index contributed by atoms with van der Waals surface area (Å²) >= 11 is 7.89. The molecule has 1 aromatic rings. The average Bonchev–Trinajstić information content (AvgIpc) is 2.97. The Morgan fingerprint density at radius 2 is 2.29 bits per heavy atom. The quantitative estimate of drug-likeness (QED) is 0.895. The summed E-state index contributed by atoms with van der Waals surface area (Å²) in [6.45, 7) is 0.474. The second-order valence-corrected chi connectivity index (χ2v) is 7.01. The summed E-state index contributed by atoms with van der Waals surface area (Å²) in [6.07, 6.45) is 2.17. The highest BCUT2D eigenvalue weighted by Gasteiger charge is 2.32. The van der Waals surface area contributed by atoms with Gasteiger partial charge in [0, 0.05) is 22.2 Å². The molecule has 1 fully saturated rings. The van der Waals surface area contributed by atoms with E-state index in [4.69, 9.17) is 22.1 Å². The Kier molecular flexibility index (Phi) is 4.74. The monoisotopic (exact) mass is 326 g/mol. The zero-order valence-electron chi connectivity index (χ0n) is 11.7. The summed E-state index contributed by atoms with van der Waals surface area (Å²) in [4.78, 5) is 13.6. The molecule has 2 aliphatic heterocycles. The van der Waals surface area contributed by atoms with Crippen LogP contribution in [0.1, 0.15) is 30.9 Å². The highest BCUT2D eigenvalue weighted by atomic mass is 35.5. The molecule has 0 radical (unpaired) electrons. The van der Waals surface area contributed by atoms with E-state index in [9.17, 15) is 4.79 Å². The maximum atomic E-state index is 12.4. The molecular formula is C15H19ClN2O2S. The Morgan fingerprint density at radius 1 is 1.43 bits per heavy atom. The fraction of sp³-hybridized carbons (Fsp3) is 0.533.